The molecule has 8 nitrogen and oxygen atoms in total. The number of carbonyl (C=O) groups excluding carboxylic acids is 1. The molecule has 0 bridgehead atoms. The van der Waals surface area contributed by atoms with Gasteiger partial charge in [0.2, 0.25) is 6.79 Å². The zero-order valence-corrected chi connectivity index (χ0v) is 16.0. The Morgan fingerprint density at radius 2 is 1.97 bits per heavy atom. The maximum absolute atomic E-state index is 12.5. The predicted octanol–water partition coefficient (Wildman–Crippen LogP) is 3.74. The predicted molar refractivity (Wildman–Crippen MR) is 107 cm³/mol. The molecule has 0 spiro atoms. The minimum absolute atomic E-state index is 0.190. The molecule has 3 aromatic rings. The van der Waals surface area contributed by atoms with Crippen LogP contribution in [-0.4, -0.2) is 40.0 Å². The Morgan fingerprint density at radius 1 is 1.17 bits per heavy atom. The van der Waals surface area contributed by atoms with Crippen LogP contribution in [0, 0.1) is 0 Å². The van der Waals surface area contributed by atoms with Crippen molar-refractivity contribution in [3.05, 3.63) is 53.9 Å². The molecule has 1 aliphatic heterocycles. The van der Waals surface area contributed by atoms with Crippen LogP contribution in [0.25, 0.3) is 11.4 Å². The van der Waals surface area contributed by atoms with Gasteiger partial charge in [-0.05, 0) is 54.8 Å². The van der Waals surface area contributed by atoms with E-state index in [2.05, 4.69) is 20.5 Å². The van der Waals surface area contributed by atoms with Crippen LogP contribution < -0.4 is 14.8 Å². The standard InChI is InChI=1S/C21H21N5O3/c1-26(11-13-2-9-17-18(10-13)29-12-28-17)21(27)22-16-7-5-15(6-8-16)20-23-19(24-25-20)14-3-4-14/h2,5-10,14H,3-4,11-12H2,1H3,(H,22,27)(H,23,24,25). The van der Waals surface area contributed by atoms with Crippen molar-refractivity contribution in [3.63, 3.8) is 0 Å². The molecule has 5 rings (SSSR count). The zero-order chi connectivity index (χ0) is 19.8. The molecule has 0 unspecified atom stereocenters. The van der Waals surface area contributed by atoms with E-state index in [0.29, 0.717) is 29.7 Å². The molecule has 2 aliphatic rings. The fourth-order valence-corrected chi connectivity index (χ4v) is 3.25. The molecule has 2 N–H and O–H groups in total. The zero-order valence-electron chi connectivity index (χ0n) is 16.0. The van der Waals surface area contributed by atoms with E-state index in [1.54, 1.807) is 11.9 Å². The largest absolute Gasteiger partial charge is 0.454 e. The lowest BCUT2D eigenvalue weighted by molar-refractivity contribution is 0.174. The van der Waals surface area contributed by atoms with Crippen molar-refractivity contribution >= 4 is 11.7 Å². The minimum atomic E-state index is -0.190. The number of aromatic nitrogens is 3. The van der Waals surface area contributed by atoms with Gasteiger partial charge >= 0.3 is 6.03 Å². The van der Waals surface area contributed by atoms with Crippen LogP contribution in [0.15, 0.2) is 42.5 Å². The van der Waals surface area contributed by atoms with Crippen molar-refractivity contribution in [2.75, 3.05) is 19.2 Å². The smallest absolute Gasteiger partial charge is 0.321 e. The van der Waals surface area contributed by atoms with Gasteiger partial charge in [0, 0.05) is 30.8 Å². The van der Waals surface area contributed by atoms with Crippen LogP contribution in [0.5, 0.6) is 11.5 Å². The highest BCUT2D eigenvalue weighted by atomic mass is 16.7. The van der Waals surface area contributed by atoms with E-state index >= 15 is 0 Å². The molecule has 29 heavy (non-hydrogen) atoms. The number of hydrogen-bond acceptors (Lipinski definition) is 5. The first-order valence-electron chi connectivity index (χ1n) is 9.59. The molecule has 2 aromatic carbocycles. The van der Waals surface area contributed by atoms with Gasteiger partial charge < -0.3 is 19.7 Å². The second-order valence-corrected chi connectivity index (χ2v) is 7.37. The molecular formula is C21H21N5O3. The Balaban J connectivity index is 1.20. The van der Waals surface area contributed by atoms with Crippen molar-refractivity contribution < 1.29 is 14.3 Å². The fourth-order valence-electron chi connectivity index (χ4n) is 3.25. The number of aromatic amines is 1. The van der Waals surface area contributed by atoms with E-state index in [0.717, 1.165) is 22.7 Å². The van der Waals surface area contributed by atoms with Gasteiger partial charge in [-0.15, -0.1) is 0 Å². The highest BCUT2D eigenvalue weighted by Gasteiger charge is 2.27. The molecule has 1 saturated carbocycles. The normalized spacial score (nSPS) is 14.7. The molecule has 8 heteroatoms. The van der Waals surface area contributed by atoms with Crippen LogP contribution in [0.1, 0.15) is 30.1 Å². The number of rotatable bonds is 5. The highest BCUT2D eigenvalue weighted by Crippen LogP contribution is 2.38. The average molecular weight is 391 g/mol. The second-order valence-electron chi connectivity index (χ2n) is 7.37. The van der Waals surface area contributed by atoms with Gasteiger partial charge in [0.25, 0.3) is 0 Å². The van der Waals surface area contributed by atoms with E-state index in [1.807, 2.05) is 42.5 Å². The maximum Gasteiger partial charge on any atom is 0.321 e. The van der Waals surface area contributed by atoms with E-state index < -0.39 is 0 Å². The molecule has 1 aromatic heterocycles. The summed E-state index contributed by atoms with van der Waals surface area (Å²) in [6, 6.07) is 13.0. The highest BCUT2D eigenvalue weighted by molar-refractivity contribution is 5.89. The lowest BCUT2D eigenvalue weighted by Crippen LogP contribution is -2.30. The van der Waals surface area contributed by atoms with Gasteiger partial charge in [0.05, 0.1) is 0 Å². The van der Waals surface area contributed by atoms with E-state index in [-0.39, 0.29) is 12.8 Å². The Bertz CT molecular complexity index is 1040. The molecule has 0 saturated heterocycles. The summed E-state index contributed by atoms with van der Waals surface area (Å²) in [7, 11) is 1.75. The first-order valence-corrected chi connectivity index (χ1v) is 9.59. The number of hydrogen-bond donors (Lipinski definition) is 2. The van der Waals surface area contributed by atoms with Crippen LogP contribution in [-0.2, 0) is 6.54 Å². The van der Waals surface area contributed by atoms with Gasteiger partial charge in [0.15, 0.2) is 17.3 Å². The number of amides is 2. The van der Waals surface area contributed by atoms with E-state index in [4.69, 9.17) is 9.47 Å². The van der Waals surface area contributed by atoms with Crippen molar-refractivity contribution in [1.29, 1.82) is 0 Å². The number of fused-ring (bicyclic) bond motifs is 1. The molecule has 0 atom stereocenters. The molecule has 148 valence electrons. The Kier molecular flexibility index (Phi) is 4.31. The van der Waals surface area contributed by atoms with Crippen molar-refractivity contribution in [3.8, 4) is 22.9 Å². The number of nitrogens with zero attached hydrogens (tertiary/aromatic N) is 3. The minimum Gasteiger partial charge on any atom is -0.454 e. The van der Waals surface area contributed by atoms with Crippen LogP contribution in [0.3, 0.4) is 0 Å². The van der Waals surface area contributed by atoms with Gasteiger partial charge in [0.1, 0.15) is 5.82 Å². The van der Waals surface area contributed by atoms with Gasteiger partial charge in [-0.2, -0.15) is 5.10 Å². The van der Waals surface area contributed by atoms with Crippen LogP contribution in [0.2, 0.25) is 0 Å². The lowest BCUT2D eigenvalue weighted by atomic mass is 10.2. The molecule has 1 aliphatic carbocycles. The van der Waals surface area contributed by atoms with Gasteiger partial charge in [-0.1, -0.05) is 6.07 Å². The molecular weight excluding hydrogens is 370 g/mol. The quantitative estimate of drug-likeness (QED) is 0.691. The molecule has 1 fully saturated rings. The van der Waals surface area contributed by atoms with E-state index in [9.17, 15) is 4.79 Å². The monoisotopic (exact) mass is 391 g/mol. The second kappa shape index (κ2) is 7.12. The Labute approximate surface area is 167 Å². The van der Waals surface area contributed by atoms with Gasteiger partial charge in [-0.3, -0.25) is 5.10 Å². The number of nitrogens with one attached hydrogen (secondary N) is 2. The SMILES string of the molecule is CN(Cc1ccc2c(c1)OCO2)C(=O)Nc1ccc(-c2n[nH]c(C3CC3)n2)cc1. The molecule has 2 amide bonds. The third-order valence-corrected chi connectivity index (χ3v) is 5.06. The number of anilines is 1. The fraction of sp³-hybridized carbons (Fsp3) is 0.286. The van der Waals surface area contributed by atoms with Crippen LogP contribution >= 0.6 is 0 Å². The molecule has 2 heterocycles. The number of H-pyrrole nitrogens is 1. The third-order valence-electron chi connectivity index (χ3n) is 5.06. The topological polar surface area (TPSA) is 92.4 Å². The maximum atomic E-state index is 12.5. The van der Waals surface area contributed by atoms with Crippen molar-refractivity contribution in [2.45, 2.75) is 25.3 Å². The summed E-state index contributed by atoms with van der Waals surface area (Å²) in [4.78, 5) is 18.7. The number of urea groups is 1. The van der Waals surface area contributed by atoms with Crippen LogP contribution in [0.4, 0.5) is 10.5 Å². The first-order chi connectivity index (χ1) is 14.2. The molecule has 0 radical (unpaired) electrons. The van der Waals surface area contributed by atoms with Gasteiger partial charge in [-0.25, -0.2) is 9.78 Å². The Morgan fingerprint density at radius 3 is 2.76 bits per heavy atom. The average Bonchev–Trinajstić information content (AvgIpc) is 3.27. The number of carbonyl (C=O) groups is 1. The number of benzene rings is 2. The summed E-state index contributed by atoms with van der Waals surface area (Å²) in [5, 5.41) is 10.2. The summed E-state index contributed by atoms with van der Waals surface area (Å²) in [6.07, 6.45) is 2.36. The lowest BCUT2D eigenvalue weighted by Gasteiger charge is -2.18. The third kappa shape index (κ3) is 3.73. The number of ether oxygens (including phenoxy) is 2. The Hall–Kier alpha value is -3.55. The summed E-state index contributed by atoms with van der Waals surface area (Å²) < 4.78 is 10.7. The van der Waals surface area contributed by atoms with Crippen molar-refractivity contribution in [1.82, 2.24) is 20.1 Å². The first kappa shape index (κ1) is 17.5. The summed E-state index contributed by atoms with van der Waals surface area (Å²) in [5.74, 6) is 3.63. The summed E-state index contributed by atoms with van der Waals surface area (Å²) in [5.41, 5.74) is 2.60. The summed E-state index contributed by atoms with van der Waals surface area (Å²) >= 11 is 0. The summed E-state index contributed by atoms with van der Waals surface area (Å²) in [6.45, 7) is 0.697. The van der Waals surface area contributed by atoms with E-state index in [1.165, 1.54) is 12.8 Å². The van der Waals surface area contributed by atoms with Crippen molar-refractivity contribution in [2.24, 2.45) is 0 Å².